The number of benzene rings is 2. The summed E-state index contributed by atoms with van der Waals surface area (Å²) in [6.45, 7) is 1.34. The molecule has 1 aromatic heterocycles. The molecule has 1 fully saturated rings. The number of amides is 1. The molecule has 1 saturated heterocycles. The maximum atomic E-state index is 13.4. The second-order valence-electron chi connectivity index (χ2n) is 7.21. The minimum atomic E-state index is -0.300. The number of piperidine rings is 1. The van der Waals surface area contributed by atoms with Gasteiger partial charge in [-0.15, -0.1) is 0 Å². The molecule has 2 aromatic carbocycles. The van der Waals surface area contributed by atoms with Gasteiger partial charge in [-0.1, -0.05) is 18.2 Å². The van der Waals surface area contributed by atoms with Gasteiger partial charge in [-0.05, 0) is 49.2 Å². The minimum absolute atomic E-state index is 0.0429. The largest absolute Gasteiger partial charge is 0.341 e. The van der Waals surface area contributed by atoms with Crippen molar-refractivity contribution in [3.05, 3.63) is 72.2 Å². The Balaban J connectivity index is 1.67. The van der Waals surface area contributed by atoms with E-state index in [4.69, 9.17) is 10.8 Å². The van der Waals surface area contributed by atoms with Crippen molar-refractivity contribution in [2.24, 2.45) is 5.73 Å². The van der Waals surface area contributed by atoms with Crippen LogP contribution in [0.25, 0.3) is 16.9 Å². The molecule has 1 atom stereocenters. The molecule has 144 valence electrons. The van der Waals surface area contributed by atoms with Crippen LogP contribution in [0.5, 0.6) is 0 Å². The van der Waals surface area contributed by atoms with Crippen LogP contribution < -0.4 is 5.73 Å². The molecule has 1 unspecified atom stereocenters. The van der Waals surface area contributed by atoms with Crippen LogP contribution in [-0.2, 0) is 11.2 Å². The van der Waals surface area contributed by atoms with Crippen LogP contribution in [0.3, 0.4) is 0 Å². The zero-order valence-corrected chi connectivity index (χ0v) is 15.6. The molecule has 0 bridgehead atoms. The van der Waals surface area contributed by atoms with E-state index in [2.05, 4.69) is 0 Å². The van der Waals surface area contributed by atoms with Gasteiger partial charge in [-0.25, -0.2) is 9.07 Å². The summed E-state index contributed by atoms with van der Waals surface area (Å²) in [4.78, 5) is 14.7. The molecule has 0 aliphatic carbocycles. The van der Waals surface area contributed by atoms with Crippen molar-refractivity contribution in [3.63, 3.8) is 0 Å². The highest BCUT2D eigenvalue weighted by molar-refractivity contribution is 5.81. The van der Waals surface area contributed by atoms with E-state index in [0.29, 0.717) is 12.2 Å². The second kappa shape index (κ2) is 7.94. The lowest BCUT2D eigenvalue weighted by molar-refractivity contribution is -0.131. The van der Waals surface area contributed by atoms with Crippen molar-refractivity contribution in [3.8, 4) is 16.9 Å². The summed E-state index contributed by atoms with van der Waals surface area (Å²) in [5.41, 5.74) is 9.23. The Morgan fingerprint density at radius 1 is 1.14 bits per heavy atom. The van der Waals surface area contributed by atoms with Crippen LogP contribution in [0, 0.1) is 5.82 Å². The second-order valence-corrected chi connectivity index (χ2v) is 7.21. The van der Waals surface area contributed by atoms with E-state index in [9.17, 15) is 9.18 Å². The van der Waals surface area contributed by atoms with Crippen LogP contribution in [0.1, 0.15) is 18.4 Å². The standard InChI is InChI=1S/C22H23FN4O/c23-18-10-8-16(9-11-18)22-17(13-21(28)26-12-4-5-19(24)15-26)14-27(25-22)20-6-2-1-3-7-20/h1-3,6-11,14,19H,4-5,12-13,15,24H2. The van der Waals surface area contributed by atoms with Gasteiger partial charge in [0.2, 0.25) is 5.91 Å². The fourth-order valence-electron chi connectivity index (χ4n) is 3.61. The molecule has 2 heterocycles. The lowest BCUT2D eigenvalue weighted by Crippen LogP contribution is -2.46. The summed E-state index contributed by atoms with van der Waals surface area (Å²) in [7, 11) is 0. The third kappa shape index (κ3) is 3.97. The van der Waals surface area contributed by atoms with Crippen molar-refractivity contribution < 1.29 is 9.18 Å². The zero-order valence-electron chi connectivity index (χ0n) is 15.6. The first-order valence-electron chi connectivity index (χ1n) is 9.53. The number of halogens is 1. The number of nitrogens with two attached hydrogens (primary N) is 1. The number of likely N-dealkylation sites (tertiary alicyclic amines) is 1. The number of hydrogen-bond donors (Lipinski definition) is 1. The molecule has 5 nitrogen and oxygen atoms in total. The van der Waals surface area contributed by atoms with Gasteiger partial charge >= 0.3 is 0 Å². The number of carbonyl (C=O) groups excluding carboxylic acids is 1. The molecule has 0 saturated carbocycles. The molecule has 1 aliphatic rings. The smallest absolute Gasteiger partial charge is 0.227 e. The average molecular weight is 378 g/mol. The normalized spacial score (nSPS) is 16.9. The van der Waals surface area contributed by atoms with E-state index in [1.54, 1.807) is 16.8 Å². The maximum Gasteiger partial charge on any atom is 0.227 e. The molecule has 4 rings (SSSR count). The fourth-order valence-corrected chi connectivity index (χ4v) is 3.61. The SMILES string of the molecule is NC1CCCN(C(=O)Cc2cn(-c3ccccc3)nc2-c2ccc(F)cc2)C1. The van der Waals surface area contributed by atoms with Crippen LogP contribution in [0.2, 0.25) is 0 Å². The Morgan fingerprint density at radius 2 is 1.89 bits per heavy atom. The van der Waals surface area contributed by atoms with Crippen LogP contribution >= 0.6 is 0 Å². The summed E-state index contributed by atoms with van der Waals surface area (Å²) >= 11 is 0. The number of rotatable bonds is 4. The van der Waals surface area contributed by atoms with Crippen molar-refractivity contribution >= 4 is 5.91 Å². The van der Waals surface area contributed by atoms with Crippen LogP contribution in [0.15, 0.2) is 60.8 Å². The third-order valence-electron chi connectivity index (χ3n) is 5.08. The van der Waals surface area contributed by atoms with Gasteiger partial charge in [-0.3, -0.25) is 4.79 Å². The molecule has 1 amide bonds. The average Bonchev–Trinajstić information content (AvgIpc) is 3.13. The van der Waals surface area contributed by atoms with E-state index in [1.165, 1.54) is 12.1 Å². The Kier molecular flexibility index (Phi) is 5.21. The van der Waals surface area contributed by atoms with Crippen molar-refractivity contribution in [2.75, 3.05) is 13.1 Å². The molecular weight excluding hydrogens is 355 g/mol. The van der Waals surface area contributed by atoms with Gasteiger partial charge in [0.1, 0.15) is 5.82 Å². The van der Waals surface area contributed by atoms with E-state index >= 15 is 0 Å². The number of hydrogen-bond acceptors (Lipinski definition) is 3. The van der Waals surface area contributed by atoms with Gasteiger partial charge in [0, 0.05) is 36.5 Å². The molecule has 6 heteroatoms. The molecule has 3 aromatic rings. The molecule has 0 spiro atoms. The molecule has 28 heavy (non-hydrogen) atoms. The molecule has 2 N–H and O–H groups in total. The Bertz CT molecular complexity index is 952. The van der Waals surface area contributed by atoms with E-state index < -0.39 is 0 Å². The Morgan fingerprint density at radius 3 is 2.61 bits per heavy atom. The predicted octanol–water partition coefficient (Wildman–Crippen LogP) is 3.17. The lowest BCUT2D eigenvalue weighted by atomic mass is 10.0. The van der Waals surface area contributed by atoms with Gasteiger partial charge in [0.05, 0.1) is 17.8 Å². The number of nitrogens with zero attached hydrogens (tertiary/aromatic N) is 3. The number of para-hydroxylation sites is 1. The predicted molar refractivity (Wildman–Crippen MR) is 106 cm³/mol. The van der Waals surface area contributed by atoms with E-state index in [-0.39, 0.29) is 24.2 Å². The minimum Gasteiger partial charge on any atom is -0.341 e. The topological polar surface area (TPSA) is 64.2 Å². The summed E-state index contributed by atoms with van der Waals surface area (Å²) in [6.07, 6.45) is 4.01. The third-order valence-corrected chi connectivity index (χ3v) is 5.08. The van der Waals surface area contributed by atoms with E-state index in [0.717, 1.165) is 36.2 Å². The zero-order chi connectivity index (χ0) is 19.5. The lowest BCUT2D eigenvalue weighted by Gasteiger charge is -2.30. The van der Waals surface area contributed by atoms with Gasteiger partial charge in [-0.2, -0.15) is 5.10 Å². The summed E-state index contributed by atoms with van der Waals surface area (Å²) < 4.78 is 15.1. The van der Waals surface area contributed by atoms with Gasteiger partial charge in [0.25, 0.3) is 0 Å². The molecule has 0 radical (unpaired) electrons. The van der Waals surface area contributed by atoms with Gasteiger partial charge in [0.15, 0.2) is 0 Å². The van der Waals surface area contributed by atoms with Gasteiger partial charge < -0.3 is 10.6 Å². The summed E-state index contributed by atoms with van der Waals surface area (Å²) in [6, 6.07) is 16.0. The number of aromatic nitrogens is 2. The van der Waals surface area contributed by atoms with E-state index in [1.807, 2.05) is 41.4 Å². The summed E-state index contributed by atoms with van der Waals surface area (Å²) in [5.74, 6) is -0.253. The highest BCUT2D eigenvalue weighted by Gasteiger charge is 2.23. The molecule has 1 aliphatic heterocycles. The first-order valence-corrected chi connectivity index (χ1v) is 9.53. The monoisotopic (exact) mass is 378 g/mol. The van der Waals surface area contributed by atoms with Crippen molar-refractivity contribution in [1.29, 1.82) is 0 Å². The number of carbonyl (C=O) groups is 1. The fraction of sp³-hybridized carbons (Fsp3) is 0.273. The van der Waals surface area contributed by atoms with Crippen molar-refractivity contribution in [1.82, 2.24) is 14.7 Å². The van der Waals surface area contributed by atoms with Crippen molar-refractivity contribution in [2.45, 2.75) is 25.3 Å². The Labute approximate surface area is 163 Å². The van der Waals surface area contributed by atoms with Crippen LogP contribution in [-0.4, -0.2) is 39.7 Å². The highest BCUT2D eigenvalue weighted by atomic mass is 19.1. The quantitative estimate of drug-likeness (QED) is 0.758. The molecular formula is C22H23FN4O. The first kappa shape index (κ1) is 18.4. The first-order chi connectivity index (χ1) is 13.6. The van der Waals surface area contributed by atoms with Crippen LogP contribution in [0.4, 0.5) is 4.39 Å². The Hall–Kier alpha value is -2.99. The maximum absolute atomic E-state index is 13.4. The highest BCUT2D eigenvalue weighted by Crippen LogP contribution is 2.25. The summed E-state index contributed by atoms with van der Waals surface area (Å²) in [5, 5.41) is 4.69.